The number of fused-ring (bicyclic) bond motifs is 4. The molecule has 1 saturated carbocycles. The van der Waals surface area contributed by atoms with E-state index in [1.165, 1.54) is 24.0 Å². The minimum Gasteiger partial charge on any atom is -0.494 e. The third-order valence-corrected chi connectivity index (χ3v) is 7.88. The number of carbonyl (C=O) groups is 1. The molecule has 164 valence electrons. The molecule has 2 aromatic carbocycles. The average Bonchev–Trinajstić information content (AvgIpc) is 3.59. The summed E-state index contributed by atoms with van der Waals surface area (Å²) < 4.78 is 5.53. The van der Waals surface area contributed by atoms with Crippen molar-refractivity contribution in [2.75, 3.05) is 25.0 Å². The third-order valence-electron chi connectivity index (χ3n) is 7.88. The largest absolute Gasteiger partial charge is 0.494 e. The SMILES string of the molecule is CCOc1ccc(CNc2ccc3c(c2)[C@@]2(C)CCN(CC4CC4)[C@H](C3=O)[C@@H]2C)cc1. The number of Topliss-reactive ketones (excluding diaryl/α,β-unsaturated/α-hetero) is 1. The van der Waals surface area contributed by atoms with E-state index >= 15 is 0 Å². The lowest BCUT2D eigenvalue weighted by Crippen LogP contribution is -2.61. The fourth-order valence-electron chi connectivity index (χ4n) is 5.59. The van der Waals surface area contributed by atoms with Gasteiger partial charge in [0, 0.05) is 24.3 Å². The van der Waals surface area contributed by atoms with Crippen LogP contribution >= 0.6 is 0 Å². The summed E-state index contributed by atoms with van der Waals surface area (Å²) in [7, 11) is 0. The van der Waals surface area contributed by atoms with Crippen LogP contribution in [0.2, 0.25) is 0 Å². The van der Waals surface area contributed by atoms with Crippen LogP contribution in [-0.4, -0.2) is 36.4 Å². The van der Waals surface area contributed by atoms with Gasteiger partial charge in [-0.05, 0) is 91.4 Å². The standard InChI is InChI=1S/C27H34N2O2/c1-4-31-22-10-7-19(8-11-22)16-28-21-9-12-23-24(15-21)27(3)13-14-29(17-20-5-6-20)25(18(27)2)26(23)30/h7-12,15,18,20,25,28H,4-6,13-14,16-17H2,1-3H3/t18-,25-,27-/m0/s1. The smallest absolute Gasteiger partial charge is 0.180 e. The first kappa shape index (κ1) is 20.6. The Morgan fingerprint density at radius 3 is 2.65 bits per heavy atom. The van der Waals surface area contributed by atoms with Crippen molar-refractivity contribution in [3.8, 4) is 5.75 Å². The number of anilines is 1. The summed E-state index contributed by atoms with van der Waals surface area (Å²) in [6.45, 7) is 10.2. The van der Waals surface area contributed by atoms with Crippen molar-refractivity contribution in [2.45, 2.75) is 58.0 Å². The van der Waals surface area contributed by atoms with E-state index in [1.54, 1.807) is 0 Å². The van der Waals surface area contributed by atoms with E-state index < -0.39 is 0 Å². The molecule has 0 spiro atoms. The van der Waals surface area contributed by atoms with Gasteiger partial charge in [0.1, 0.15) is 5.75 Å². The second-order valence-electron chi connectivity index (χ2n) is 9.89. The number of benzene rings is 2. The van der Waals surface area contributed by atoms with Gasteiger partial charge >= 0.3 is 0 Å². The topological polar surface area (TPSA) is 41.6 Å². The Bertz CT molecular complexity index is 966. The highest BCUT2D eigenvalue weighted by atomic mass is 16.5. The second kappa shape index (κ2) is 7.98. The van der Waals surface area contributed by atoms with Crippen LogP contribution in [0.3, 0.4) is 0 Å². The number of nitrogens with zero attached hydrogens (tertiary/aromatic N) is 1. The first-order chi connectivity index (χ1) is 15.0. The van der Waals surface area contributed by atoms with Gasteiger partial charge in [0.25, 0.3) is 0 Å². The van der Waals surface area contributed by atoms with Crippen molar-refractivity contribution in [2.24, 2.45) is 11.8 Å². The summed E-state index contributed by atoms with van der Waals surface area (Å²) in [5.41, 5.74) is 4.55. The highest BCUT2D eigenvalue weighted by molar-refractivity contribution is 6.04. The van der Waals surface area contributed by atoms with Crippen molar-refractivity contribution in [3.63, 3.8) is 0 Å². The lowest BCUT2D eigenvalue weighted by Gasteiger charge is -2.53. The van der Waals surface area contributed by atoms with Gasteiger partial charge in [-0.25, -0.2) is 0 Å². The first-order valence-corrected chi connectivity index (χ1v) is 11.9. The summed E-state index contributed by atoms with van der Waals surface area (Å²) in [5.74, 6) is 2.41. The predicted octanol–water partition coefficient (Wildman–Crippen LogP) is 5.27. The summed E-state index contributed by atoms with van der Waals surface area (Å²) in [6, 6.07) is 14.7. The number of ether oxygens (including phenoxy) is 1. The number of nitrogens with one attached hydrogen (secondary N) is 1. The Balaban J connectivity index is 1.36. The van der Waals surface area contributed by atoms with Crippen molar-refractivity contribution in [1.29, 1.82) is 0 Å². The molecule has 0 unspecified atom stereocenters. The fraction of sp³-hybridized carbons (Fsp3) is 0.519. The molecule has 0 aromatic heterocycles. The Labute approximate surface area is 186 Å². The van der Waals surface area contributed by atoms with Crippen LogP contribution < -0.4 is 10.1 Å². The molecule has 1 aliphatic heterocycles. The minimum absolute atomic E-state index is 0.0505. The highest BCUT2D eigenvalue weighted by Crippen LogP contribution is 2.49. The van der Waals surface area contributed by atoms with E-state index in [-0.39, 0.29) is 11.5 Å². The van der Waals surface area contributed by atoms with Gasteiger partial charge in [0.15, 0.2) is 5.78 Å². The molecule has 1 N–H and O–H groups in total. The molecule has 2 fully saturated rings. The van der Waals surface area contributed by atoms with E-state index in [9.17, 15) is 4.79 Å². The van der Waals surface area contributed by atoms with E-state index in [1.807, 2.05) is 19.1 Å². The quantitative estimate of drug-likeness (QED) is 0.665. The lowest BCUT2D eigenvalue weighted by molar-refractivity contribution is 0.0266. The molecule has 3 atom stereocenters. The molecule has 2 aromatic rings. The van der Waals surface area contributed by atoms with Crippen molar-refractivity contribution in [3.05, 3.63) is 59.2 Å². The second-order valence-corrected chi connectivity index (χ2v) is 9.89. The van der Waals surface area contributed by atoms with E-state index in [0.717, 1.165) is 49.0 Å². The van der Waals surface area contributed by atoms with Crippen LogP contribution in [0.5, 0.6) is 5.75 Å². The predicted molar refractivity (Wildman–Crippen MR) is 125 cm³/mol. The number of ketones is 1. The Morgan fingerprint density at radius 2 is 1.94 bits per heavy atom. The molecule has 0 radical (unpaired) electrons. The summed E-state index contributed by atoms with van der Waals surface area (Å²) in [4.78, 5) is 16.0. The van der Waals surface area contributed by atoms with Crippen LogP contribution in [0.15, 0.2) is 42.5 Å². The fourth-order valence-corrected chi connectivity index (χ4v) is 5.59. The number of hydrogen-bond donors (Lipinski definition) is 1. The molecule has 4 nitrogen and oxygen atoms in total. The number of carbonyl (C=O) groups excluding carboxylic acids is 1. The summed E-state index contributed by atoms with van der Waals surface area (Å²) in [6.07, 6.45) is 3.80. The van der Waals surface area contributed by atoms with Gasteiger partial charge < -0.3 is 10.1 Å². The maximum absolute atomic E-state index is 13.5. The van der Waals surface area contributed by atoms with Crippen LogP contribution in [0, 0.1) is 11.8 Å². The maximum atomic E-state index is 13.5. The third kappa shape index (κ3) is 3.76. The number of rotatable bonds is 7. The average molecular weight is 419 g/mol. The van der Waals surface area contributed by atoms with Crippen molar-refractivity contribution in [1.82, 2.24) is 4.90 Å². The zero-order valence-electron chi connectivity index (χ0n) is 19.0. The molecule has 3 aliphatic rings. The molecule has 1 saturated heterocycles. The molecular formula is C27H34N2O2. The van der Waals surface area contributed by atoms with Crippen molar-refractivity contribution >= 4 is 11.5 Å². The molecule has 1 heterocycles. The van der Waals surface area contributed by atoms with Gasteiger partial charge in [0.05, 0.1) is 12.6 Å². The van der Waals surface area contributed by atoms with Gasteiger partial charge in [-0.15, -0.1) is 0 Å². The Morgan fingerprint density at radius 1 is 1.16 bits per heavy atom. The van der Waals surface area contributed by atoms with Crippen LogP contribution in [0.25, 0.3) is 0 Å². The lowest BCUT2D eigenvalue weighted by atomic mass is 9.58. The van der Waals surface area contributed by atoms with Crippen LogP contribution in [-0.2, 0) is 12.0 Å². The zero-order chi connectivity index (χ0) is 21.6. The monoisotopic (exact) mass is 418 g/mol. The maximum Gasteiger partial charge on any atom is 0.180 e. The zero-order valence-corrected chi connectivity index (χ0v) is 19.0. The molecule has 5 rings (SSSR count). The van der Waals surface area contributed by atoms with Crippen LogP contribution in [0.1, 0.15) is 61.5 Å². The van der Waals surface area contributed by atoms with E-state index in [0.29, 0.717) is 18.3 Å². The summed E-state index contributed by atoms with van der Waals surface area (Å²) in [5, 5.41) is 3.56. The molecule has 0 amide bonds. The van der Waals surface area contributed by atoms with E-state index in [2.05, 4.69) is 54.4 Å². The molecule has 2 bridgehead atoms. The molecule has 2 aliphatic carbocycles. The number of hydrogen-bond acceptors (Lipinski definition) is 4. The first-order valence-electron chi connectivity index (χ1n) is 11.9. The molecule has 31 heavy (non-hydrogen) atoms. The molecule has 4 heteroatoms. The van der Waals surface area contributed by atoms with Crippen molar-refractivity contribution < 1.29 is 9.53 Å². The minimum atomic E-state index is 0.0505. The number of piperidine rings is 1. The normalized spacial score (nSPS) is 27.6. The highest BCUT2D eigenvalue weighted by Gasteiger charge is 2.52. The van der Waals surface area contributed by atoms with Gasteiger partial charge in [-0.3, -0.25) is 9.69 Å². The Kier molecular flexibility index (Phi) is 5.29. The summed E-state index contributed by atoms with van der Waals surface area (Å²) >= 11 is 0. The van der Waals surface area contributed by atoms with Crippen LogP contribution in [0.4, 0.5) is 5.69 Å². The number of likely N-dealkylation sites (tertiary alicyclic amines) is 1. The van der Waals surface area contributed by atoms with E-state index in [4.69, 9.17) is 4.74 Å². The van der Waals surface area contributed by atoms with Gasteiger partial charge in [0.2, 0.25) is 0 Å². The Hall–Kier alpha value is -2.33. The van der Waals surface area contributed by atoms with Gasteiger partial charge in [-0.2, -0.15) is 0 Å². The van der Waals surface area contributed by atoms with Gasteiger partial charge in [-0.1, -0.05) is 26.0 Å². The molecular weight excluding hydrogens is 384 g/mol.